The van der Waals surface area contributed by atoms with E-state index < -0.39 is 0 Å². The molecule has 58 valence electrons. The van der Waals surface area contributed by atoms with E-state index in [4.69, 9.17) is 5.26 Å². The Morgan fingerprint density at radius 1 is 1.18 bits per heavy atom. The standard InChI is InChI=1S/C7H4IN.C2H6/c8-7-3-1-6(5-9)2-4-7;1-2/h1-4H;1-2H3. The number of hydrogen-bond donors (Lipinski definition) is 0. The van der Waals surface area contributed by atoms with Crippen molar-refractivity contribution in [1.82, 2.24) is 0 Å². The van der Waals surface area contributed by atoms with E-state index in [0.717, 1.165) is 9.13 Å². The molecule has 1 aromatic carbocycles. The molecule has 0 unspecified atom stereocenters. The molecule has 1 aromatic rings. The number of rotatable bonds is 0. The summed E-state index contributed by atoms with van der Waals surface area (Å²) in [6.07, 6.45) is 0. The largest absolute Gasteiger partial charge is 0.192 e. The number of nitrogens with zero attached hydrogens (tertiary/aromatic N) is 1. The molecule has 0 heterocycles. The highest BCUT2D eigenvalue weighted by Gasteiger charge is 1.86. The van der Waals surface area contributed by atoms with Crippen molar-refractivity contribution in [3.8, 4) is 6.07 Å². The average molecular weight is 259 g/mol. The van der Waals surface area contributed by atoms with E-state index in [1.54, 1.807) is 0 Å². The molecule has 2 heteroatoms. The SMILES string of the molecule is CC.N#Cc1ccc(I)cc1. The lowest BCUT2D eigenvalue weighted by molar-refractivity contribution is 1.48. The van der Waals surface area contributed by atoms with Crippen LogP contribution in [-0.2, 0) is 0 Å². The van der Waals surface area contributed by atoms with E-state index in [1.807, 2.05) is 38.1 Å². The van der Waals surface area contributed by atoms with Crippen LogP contribution in [0.4, 0.5) is 0 Å². The molecule has 11 heavy (non-hydrogen) atoms. The normalized spacial score (nSPS) is 7.45. The lowest BCUT2D eigenvalue weighted by atomic mass is 10.2. The van der Waals surface area contributed by atoms with Gasteiger partial charge in [0.2, 0.25) is 0 Å². The lowest BCUT2D eigenvalue weighted by Gasteiger charge is -1.86. The van der Waals surface area contributed by atoms with Gasteiger partial charge >= 0.3 is 0 Å². The van der Waals surface area contributed by atoms with Gasteiger partial charge in [0.1, 0.15) is 0 Å². The average Bonchev–Trinajstić information content (AvgIpc) is 2.10. The first kappa shape index (κ1) is 10.4. The van der Waals surface area contributed by atoms with Crippen LogP contribution in [0.25, 0.3) is 0 Å². The zero-order valence-electron chi connectivity index (χ0n) is 6.63. The van der Waals surface area contributed by atoms with Crippen LogP contribution in [0.5, 0.6) is 0 Å². The molecule has 1 rings (SSSR count). The molecule has 0 N–H and O–H groups in total. The van der Waals surface area contributed by atoms with Gasteiger partial charge in [-0.05, 0) is 46.9 Å². The molecule has 0 aliphatic carbocycles. The van der Waals surface area contributed by atoms with E-state index in [0.29, 0.717) is 0 Å². The van der Waals surface area contributed by atoms with Crippen molar-refractivity contribution in [1.29, 1.82) is 5.26 Å². The van der Waals surface area contributed by atoms with Crippen molar-refractivity contribution < 1.29 is 0 Å². The second-order valence-corrected chi connectivity index (χ2v) is 2.86. The molecular weight excluding hydrogens is 249 g/mol. The molecule has 0 amide bonds. The van der Waals surface area contributed by atoms with E-state index in [-0.39, 0.29) is 0 Å². The predicted octanol–water partition coefficient (Wildman–Crippen LogP) is 3.19. The Morgan fingerprint density at radius 2 is 1.64 bits per heavy atom. The van der Waals surface area contributed by atoms with E-state index in [1.165, 1.54) is 0 Å². The first-order chi connectivity index (χ1) is 5.33. The Morgan fingerprint density at radius 3 is 2.00 bits per heavy atom. The zero-order chi connectivity index (χ0) is 8.69. The van der Waals surface area contributed by atoms with Crippen LogP contribution < -0.4 is 0 Å². The minimum atomic E-state index is 0.718. The second-order valence-electron chi connectivity index (χ2n) is 1.62. The molecule has 0 aliphatic rings. The summed E-state index contributed by atoms with van der Waals surface area (Å²) < 4.78 is 1.16. The van der Waals surface area contributed by atoms with Crippen molar-refractivity contribution in [2.75, 3.05) is 0 Å². The van der Waals surface area contributed by atoms with Gasteiger partial charge in [0.05, 0.1) is 11.6 Å². The molecule has 0 aromatic heterocycles. The predicted molar refractivity (Wildman–Crippen MR) is 55.2 cm³/mol. The molecule has 0 bridgehead atoms. The summed E-state index contributed by atoms with van der Waals surface area (Å²) in [6.45, 7) is 4.00. The first-order valence-corrected chi connectivity index (χ1v) is 4.56. The maximum atomic E-state index is 8.38. The summed E-state index contributed by atoms with van der Waals surface area (Å²) in [5, 5.41) is 8.38. The van der Waals surface area contributed by atoms with Crippen LogP contribution in [0.1, 0.15) is 19.4 Å². The van der Waals surface area contributed by atoms with Gasteiger partial charge in [0.25, 0.3) is 0 Å². The van der Waals surface area contributed by atoms with Crippen LogP contribution in [0.2, 0.25) is 0 Å². The van der Waals surface area contributed by atoms with Gasteiger partial charge in [-0.15, -0.1) is 0 Å². The topological polar surface area (TPSA) is 23.8 Å². The number of benzene rings is 1. The summed E-state index contributed by atoms with van der Waals surface area (Å²) >= 11 is 2.20. The van der Waals surface area contributed by atoms with Crippen LogP contribution >= 0.6 is 22.6 Å². The molecule has 0 atom stereocenters. The quantitative estimate of drug-likeness (QED) is 0.656. The summed E-state index contributed by atoms with van der Waals surface area (Å²) in [5.74, 6) is 0. The van der Waals surface area contributed by atoms with Crippen LogP contribution in [0, 0.1) is 14.9 Å². The Labute approximate surface area is 81.2 Å². The van der Waals surface area contributed by atoms with Crippen molar-refractivity contribution in [3.05, 3.63) is 33.4 Å². The minimum Gasteiger partial charge on any atom is -0.192 e. The highest BCUT2D eigenvalue weighted by molar-refractivity contribution is 14.1. The third-order valence-corrected chi connectivity index (χ3v) is 1.69. The van der Waals surface area contributed by atoms with Crippen LogP contribution in [0.3, 0.4) is 0 Å². The summed E-state index contributed by atoms with van der Waals surface area (Å²) in [6, 6.07) is 9.50. The highest BCUT2D eigenvalue weighted by Crippen LogP contribution is 2.04. The van der Waals surface area contributed by atoms with Crippen molar-refractivity contribution >= 4 is 22.6 Å². The van der Waals surface area contributed by atoms with E-state index in [2.05, 4.69) is 28.7 Å². The van der Waals surface area contributed by atoms with E-state index >= 15 is 0 Å². The minimum absolute atomic E-state index is 0.718. The Kier molecular flexibility index (Phi) is 5.86. The molecule has 1 nitrogen and oxygen atoms in total. The maximum Gasteiger partial charge on any atom is 0.0991 e. The first-order valence-electron chi connectivity index (χ1n) is 3.48. The van der Waals surface area contributed by atoms with Crippen molar-refractivity contribution in [2.45, 2.75) is 13.8 Å². The fraction of sp³-hybridized carbons (Fsp3) is 0.222. The smallest absolute Gasteiger partial charge is 0.0991 e. The van der Waals surface area contributed by atoms with Gasteiger partial charge in [-0.3, -0.25) is 0 Å². The molecular formula is C9H10IN. The van der Waals surface area contributed by atoms with Crippen LogP contribution in [0.15, 0.2) is 24.3 Å². The third kappa shape index (κ3) is 3.99. The number of halogens is 1. The Hall–Kier alpha value is -0.560. The fourth-order valence-corrected chi connectivity index (χ4v) is 0.884. The molecule has 0 aliphatic heterocycles. The van der Waals surface area contributed by atoms with Gasteiger partial charge < -0.3 is 0 Å². The highest BCUT2D eigenvalue weighted by atomic mass is 127. The van der Waals surface area contributed by atoms with Gasteiger partial charge in [0, 0.05) is 3.57 Å². The van der Waals surface area contributed by atoms with Gasteiger partial charge in [-0.2, -0.15) is 5.26 Å². The number of hydrogen-bond acceptors (Lipinski definition) is 1. The second kappa shape index (κ2) is 6.17. The van der Waals surface area contributed by atoms with Crippen molar-refractivity contribution in [2.24, 2.45) is 0 Å². The Bertz CT molecular complexity index is 233. The summed E-state index contributed by atoms with van der Waals surface area (Å²) in [4.78, 5) is 0. The molecule has 0 saturated heterocycles. The Balaban J connectivity index is 0.000000461. The molecule has 0 saturated carbocycles. The van der Waals surface area contributed by atoms with Gasteiger partial charge in [0.15, 0.2) is 0 Å². The molecule has 0 fully saturated rings. The van der Waals surface area contributed by atoms with Crippen molar-refractivity contribution in [3.63, 3.8) is 0 Å². The summed E-state index contributed by atoms with van der Waals surface area (Å²) in [7, 11) is 0. The molecule has 0 spiro atoms. The maximum absolute atomic E-state index is 8.38. The fourth-order valence-electron chi connectivity index (χ4n) is 0.524. The van der Waals surface area contributed by atoms with E-state index in [9.17, 15) is 0 Å². The van der Waals surface area contributed by atoms with Gasteiger partial charge in [-0.25, -0.2) is 0 Å². The van der Waals surface area contributed by atoms with Gasteiger partial charge in [-0.1, -0.05) is 13.8 Å². The lowest BCUT2D eigenvalue weighted by Crippen LogP contribution is -1.72. The monoisotopic (exact) mass is 259 g/mol. The third-order valence-electron chi connectivity index (χ3n) is 0.973. The van der Waals surface area contributed by atoms with Crippen LogP contribution in [-0.4, -0.2) is 0 Å². The summed E-state index contributed by atoms with van der Waals surface area (Å²) in [5.41, 5.74) is 0.718. The number of nitriles is 1. The zero-order valence-corrected chi connectivity index (χ0v) is 8.79. The molecule has 0 radical (unpaired) electrons.